The van der Waals surface area contributed by atoms with Gasteiger partial charge in [0, 0.05) is 36.4 Å². The van der Waals surface area contributed by atoms with Crippen LogP contribution < -0.4 is 0 Å². The SMILES string of the molecule is CC(C)[C@H]1CC[C@@H](N2CCC(n3c(CO)cc4ccccc43)CC2)CC1. The maximum atomic E-state index is 9.84. The van der Waals surface area contributed by atoms with Gasteiger partial charge in [0.2, 0.25) is 0 Å². The molecule has 1 aromatic carbocycles. The van der Waals surface area contributed by atoms with Crippen LogP contribution in [0.3, 0.4) is 0 Å². The van der Waals surface area contributed by atoms with Crippen molar-refractivity contribution < 1.29 is 5.11 Å². The maximum Gasteiger partial charge on any atom is 0.0833 e. The third kappa shape index (κ3) is 3.44. The monoisotopic (exact) mass is 354 g/mol. The minimum Gasteiger partial charge on any atom is -0.390 e. The first-order chi connectivity index (χ1) is 12.7. The Hall–Kier alpha value is -1.32. The Balaban J connectivity index is 1.42. The van der Waals surface area contributed by atoms with Crippen molar-refractivity contribution in [2.24, 2.45) is 11.8 Å². The molecule has 1 saturated heterocycles. The fourth-order valence-corrected chi connectivity index (χ4v) is 5.43. The van der Waals surface area contributed by atoms with Crippen LogP contribution in [-0.2, 0) is 6.61 Å². The van der Waals surface area contributed by atoms with Crippen LogP contribution in [0.25, 0.3) is 10.9 Å². The number of likely N-dealkylation sites (tertiary alicyclic amines) is 1. The molecule has 2 aromatic rings. The quantitative estimate of drug-likeness (QED) is 0.838. The van der Waals surface area contributed by atoms with Crippen molar-refractivity contribution in [3.8, 4) is 0 Å². The van der Waals surface area contributed by atoms with Crippen LogP contribution in [0.15, 0.2) is 30.3 Å². The first-order valence-corrected chi connectivity index (χ1v) is 10.6. The summed E-state index contributed by atoms with van der Waals surface area (Å²) in [5, 5.41) is 11.1. The minimum atomic E-state index is 0.133. The molecule has 2 fully saturated rings. The van der Waals surface area contributed by atoms with E-state index in [1.54, 1.807) is 0 Å². The number of piperidine rings is 1. The van der Waals surface area contributed by atoms with Crippen molar-refractivity contribution >= 4 is 10.9 Å². The number of para-hydroxylation sites is 1. The highest BCUT2D eigenvalue weighted by Crippen LogP contribution is 2.36. The predicted molar refractivity (Wildman–Crippen MR) is 108 cm³/mol. The topological polar surface area (TPSA) is 28.4 Å². The van der Waals surface area contributed by atoms with Crippen LogP contribution in [0.5, 0.6) is 0 Å². The number of nitrogens with zero attached hydrogens (tertiary/aromatic N) is 2. The second-order valence-corrected chi connectivity index (χ2v) is 8.80. The number of aliphatic hydroxyl groups is 1. The van der Waals surface area contributed by atoms with Gasteiger partial charge in [0.25, 0.3) is 0 Å². The minimum absolute atomic E-state index is 0.133. The molecular weight excluding hydrogens is 320 g/mol. The van der Waals surface area contributed by atoms with Gasteiger partial charge in [-0.25, -0.2) is 0 Å². The molecule has 3 heteroatoms. The average Bonchev–Trinajstić information content (AvgIpc) is 3.07. The van der Waals surface area contributed by atoms with Crippen molar-refractivity contribution in [1.82, 2.24) is 9.47 Å². The molecule has 1 aliphatic heterocycles. The van der Waals surface area contributed by atoms with E-state index in [4.69, 9.17) is 0 Å². The fraction of sp³-hybridized carbons (Fsp3) is 0.652. The highest BCUT2D eigenvalue weighted by molar-refractivity contribution is 5.81. The molecule has 2 heterocycles. The van der Waals surface area contributed by atoms with Gasteiger partial charge in [0.1, 0.15) is 0 Å². The number of hydrogen-bond acceptors (Lipinski definition) is 2. The number of fused-ring (bicyclic) bond motifs is 1. The molecular formula is C23H34N2O. The first-order valence-electron chi connectivity index (χ1n) is 10.6. The average molecular weight is 355 g/mol. The normalized spacial score (nSPS) is 26.0. The summed E-state index contributed by atoms with van der Waals surface area (Å²) in [5.74, 6) is 1.79. The Bertz CT molecular complexity index is 719. The number of hydrogen-bond donors (Lipinski definition) is 1. The second kappa shape index (κ2) is 7.74. The fourth-order valence-electron chi connectivity index (χ4n) is 5.43. The van der Waals surface area contributed by atoms with Crippen LogP contribution in [0.1, 0.15) is 64.1 Å². The summed E-state index contributed by atoms with van der Waals surface area (Å²) in [6.07, 6.45) is 8.02. The standard InChI is InChI=1S/C23H34N2O/c1-17(2)18-7-9-20(10-8-18)24-13-11-21(12-14-24)25-22(16-26)15-19-5-3-4-6-23(19)25/h3-6,15,17-18,20-21,26H,7-14,16H2,1-2H3/t18-,20+. The van der Waals surface area contributed by atoms with E-state index in [1.807, 2.05) is 0 Å². The lowest BCUT2D eigenvalue weighted by Crippen LogP contribution is -2.44. The number of aromatic nitrogens is 1. The van der Waals surface area contributed by atoms with Gasteiger partial charge in [0.15, 0.2) is 0 Å². The molecule has 3 nitrogen and oxygen atoms in total. The van der Waals surface area contributed by atoms with Crippen molar-refractivity contribution in [2.75, 3.05) is 13.1 Å². The molecule has 26 heavy (non-hydrogen) atoms. The number of benzene rings is 1. The van der Waals surface area contributed by atoms with Crippen molar-refractivity contribution in [2.45, 2.75) is 71.1 Å². The molecule has 0 bridgehead atoms. The van der Waals surface area contributed by atoms with Crippen LogP contribution in [0.4, 0.5) is 0 Å². The smallest absolute Gasteiger partial charge is 0.0833 e. The number of rotatable bonds is 4. The molecule has 0 atom stereocenters. The molecule has 0 spiro atoms. The molecule has 1 N–H and O–H groups in total. The van der Waals surface area contributed by atoms with E-state index in [0.717, 1.165) is 23.6 Å². The van der Waals surface area contributed by atoms with Crippen molar-refractivity contribution in [3.63, 3.8) is 0 Å². The number of aliphatic hydroxyl groups excluding tert-OH is 1. The molecule has 4 rings (SSSR count). The Kier molecular flexibility index (Phi) is 5.37. The maximum absolute atomic E-state index is 9.84. The first kappa shape index (κ1) is 18.1. The third-order valence-electron chi connectivity index (χ3n) is 7.05. The summed E-state index contributed by atoms with van der Waals surface area (Å²) in [7, 11) is 0. The highest BCUT2D eigenvalue weighted by atomic mass is 16.3. The predicted octanol–water partition coefficient (Wildman–Crippen LogP) is 4.99. The zero-order valence-corrected chi connectivity index (χ0v) is 16.4. The lowest BCUT2D eigenvalue weighted by Gasteiger charge is -2.42. The van der Waals surface area contributed by atoms with E-state index < -0.39 is 0 Å². The molecule has 0 amide bonds. The van der Waals surface area contributed by atoms with Gasteiger partial charge in [-0.15, -0.1) is 0 Å². The highest BCUT2D eigenvalue weighted by Gasteiger charge is 2.31. The van der Waals surface area contributed by atoms with E-state index >= 15 is 0 Å². The van der Waals surface area contributed by atoms with E-state index in [1.165, 1.54) is 62.5 Å². The van der Waals surface area contributed by atoms with Crippen molar-refractivity contribution in [1.29, 1.82) is 0 Å². The molecule has 0 unspecified atom stereocenters. The lowest BCUT2D eigenvalue weighted by molar-refractivity contribution is 0.0882. The van der Waals surface area contributed by atoms with Gasteiger partial charge in [-0.3, -0.25) is 0 Å². The second-order valence-electron chi connectivity index (χ2n) is 8.80. The van der Waals surface area contributed by atoms with Gasteiger partial charge < -0.3 is 14.6 Å². The summed E-state index contributed by atoms with van der Waals surface area (Å²) < 4.78 is 2.42. The Morgan fingerprint density at radius 1 is 0.962 bits per heavy atom. The summed E-state index contributed by atoms with van der Waals surface area (Å²) in [5.41, 5.74) is 2.36. The molecule has 1 saturated carbocycles. The van der Waals surface area contributed by atoms with Gasteiger partial charge in [-0.05, 0) is 67.9 Å². The van der Waals surface area contributed by atoms with Crippen LogP contribution in [0, 0.1) is 11.8 Å². The summed E-state index contributed by atoms with van der Waals surface area (Å²) in [6.45, 7) is 7.32. The van der Waals surface area contributed by atoms with Crippen LogP contribution >= 0.6 is 0 Å². The largest absolute Gasteiger partial charge is 0.390 e. The zero-order chi connectivity index (χ0) is 18.1. The van der Waals surface area contributed by atoms with Crippen LogP contribution in [-0.4, -0.2) is 33.7 Å². The van der Waals surface area contributed by atoms with E-state index in [9.17, 15) is 5.11 Å². The van der Waals surface area contributed by atoms with Gasteiger partial charge in [-0.1, -0.05) is 32.0 Å². The molecule has 142 valence electrons. The summed E-state index contributed by atoms with van der Waals surface area (Å²) in [4.78, 5) is 2.76. The zero-order valence-electron chi connectivity index (χ0n) is 16.4. The van der Waals surface area contributed by atoms with Crippen LogP contribution in [0.2, 0.25) is 0 Å². The summed E-state index contributed by atoms with van der Waals surface area (Å²) in [6, 6.07) is 12.1. The molecule has 1 aromatic heterocycles. The van der Waals surface area contributed by atoms with E-state index in [0.29, 0.717) is 6.04 Å². The summed E-state index contributed by atoms with van der Waals surface area (Å²) >= 11 is 0. The Labute approximate surface area is 158 Å². The van der Waals surface area contributed by atoms with Gasteiger partial charge >= 0.3 is 0 Å². The Morgan fingerprint density at radius 3 is 2.31 bits per heavy atom. The third-order valence-corrected chi connectivity index (χ3v) is 7.05. The molecule has 2 aliphatic rings. The molecule has 1 aliphatic carbocycles. The Morgan fingerprint density at radius 2 is 1.65 bits per heavy atom. The van der Waals surface area contributed by atoms with Gasteiger partial charge in [-0.2, -0.15) is 0 Å². The van der Waals surface area contributed by atoms with E-state index in [2.05, 4.69) is 53.6 Å². The van der Waals surface area contributed by atoms with E-state index in [-0.39, 0.29) is 6.61 Å². The van der Waals surface area contributed by atoms with Gasteiger partial charge in [0.05, 0.1) is 6.61 Å². The van der Waals surface area contributed by atoms with Crippen molar-refractivity contribution in [3.05, 3.63) is 36.0 Å². The molecule has 0 radical (unpaired) electrons. The lowest BCUT2D eigenvalue weighted by atomic mass is 9.79.